The Kier molecular flexibility index (Phi) is 6.25. The maximum atomic E-state index is 12.9. The van der Waals surface area contributed by atoms with E-state index in [1.54, 1.807) is 48.5 Å². The fraction of sp³-hybridized carbons (Fsp3) is 0.273. The molecule has 1 aliphatic rings. The maximum absolute atomic E-state index is 12.9. The number of benzene rings is 2. The van der Waals surface area contributed by atoms with E-state index in [1.807, 2.05) is 19.0 Å². The lowest BCUT2D eigenvalue weighted by atomic mass is 9.95. The molecule has 1 aliphatic heterocycles. The summed E-state index contributed by atoms with van der Waals surface area (Å²) in [6, 6.07) is 13.0. The van der Waals surface area contributed by atoms with Crippen molar-refractivity contribution in [1.82, 2.24) is 9.80 Å². The van der Waals surface area contributed by atoms with E-state index < -0.39 is 17.7 Å². The van der Waals surface area contributed by atoms with Gasteiger partial charge in [-0.1, -0.05) is 35.9 Å². The minimum atomic E-state index is -0.722. The fourth-order valence-electron chi connectivity index (χ4n) is 3.37. The number of ketones is 1. The predicted molar refractivity (Wildman–Crippen MR) is 112 cm³/mol. The number of hydrogen-bond donors (Lipinski definition) is 1. The van der Waals surface area contributed by atoms with Crippen LogP contribution in [0.15, 0.2) is 54.1 Å². The summed E-state index contributed by atoms with van der Waals surface area (Å²) in [5.74, 6) is -1.05. The minimum absolute atomic E-state index is 0.0456. The Morgan fingerprint density at radius 2 is 1.90 bits per heavy atom. The first-order chi connectivity index (χ1) is 13.8. The van der Waals surface area contributed by atoms with Crippen molar-refractivity contribution in [2.75, 3.05) is 34.3 Å². The lowest BCUT2D eigenvalue weighted by Gasteiger charge is -2.26. The summed E-state index contributed by atoms with van der Waals surface area (Å²) in [5, 5.41) is 11.5. The molecule has 1 saturated heterocycles. The first kappa shape index (κ1) is 20.9. The Morgan fingerprint density at radius 1 is 1.17 bits per heavy atom. The Balaban J connectivity index is 2.16. The monoisotopic (exact) mass is 414 g/mol. The topological polar surface area (TPSA) is 70.1 Å². The van der Waals surface area contributed by atoms with Crippen LogP contribution < -0.4 is 4.74 Å². The van der Waals surface area contributed by atoms with Crippen molar-refractivity contribution in [3.05, 3.63) is 70.3 Å². The molecule has 2 aromatic rings. The molecule has 0 bridgehead atoms. The second-order valence-corrected chi connectivity index (χ2v) is 7.52. The van der Waals surface area contributed by atoms with Gasteiger partial charge in [0.2, 0.25) is 0 Å². The van der Waals surface area contributed by atoms with Gasteiger partial charge in [0.25, 0.3) is 11.7 Å². The summed E-state index contributed by atoms with van der Waals surface area (Å²) in [4.78, 5) is 29.1. The van der Waals surface area contributed by atoms with Gasteiger partial charge in [0.05, 0.1) is 18.7 Å². The second kappa shape index (κ2) is 8.68. The van der Waals surface area contributed by atoms with Gasteiger partial charge in [-0.05, 0) is 43.9 Å². The number of likely N-dealkylation sites (N-methyl/N-ethyl adjacent to an activating group) is 1. The van der Waals surface area contributed by atoms with Gasteiger partial charge in [0, 0.05) is 23.7 Å². The Hall–Kier alpha value is -2.83. The Labute approximate surface area is 174 Å². The number of hydrogen-bond acceptors (Lipinski definition) is 5. The number of aliphatic hydroxyl groups excluding tert-OH is 1. The average molecular weight is 415 g/mol. The number of rotatable bonds is 6. The number of likely N-dealkylation sites (tertiary alicyclic amines) is 1. The summed E-state index contributed by atoms with van der Waals surface area (Å²) >= 11 is 6.16. The quantitative estimate of drug-likeness (QED) is 0.446. The number of methoxy groups -OCH3 is 1. The molecule has 1 atom stereocenters. The molecule has 152 valence electrons. The number of carbonyl (C=O) groups excluding carboxylic acids is 2. The van der Waals surface area contributed by atoms with Gasteiger partial charge in [-0.15, -0.1) is 0 Å². The summed E-state index contributed by atoms with van der Waals surface area (Å²) < 4.78 is 5.21. The molecule has 0 spiro atoms. The molecule has 3 rings (SSSR count). The molecule has 0 aliphatic carbocycles. The van der Waals surface area contributed by atoms with Crippen LogP contribution in [0.4, 0.5) is 0 Å². The molecule has 1 fully saturated rings. The first-order valence-electron chi connectivity index (χ1n) is 9.16. The van der Waals surface area contributed by atoms with E-state index >= 15 is 0 Å². The molecule has 0 unspecified atom stereocenters. The summed E-state index contributed by atoms with van der Waals surface area (Å²) in [5.41, 5.74) is 1.12. The second-order valence-electron chi connectivity index (χ2n) is 7.08. The van der Waals surface area contributed by atoms with Crippen LogP contribution in [0.2, 0.25) is 5.02 Å². The molecule has 29 heavy (non-hydrogen) atoms. The molecule has 6 nitrogen and oxygen atoms in total. The number of aliphatic hydroxyl groups is 1. The summed E-state index contributed by atoms with van der Waals surface area (Å²) in [6.07, 6.45) is 0. The lowest BCUT2D eigenvalue weighted by Crippen LogP contribution is -2.35. The standard InChI is InChI=1S/C22H23ClN2O4/c1-24(2)10-11-25-19(14-6-4-8-16(23)12-14)18(21(27)22(25)28)20(26)15-7-5-9-17(13-15)29-3/h4-9,12-13,19,26H,10-11H2,1-3H3/t19-/m0/s1. The highest BCUT2D eigenvalue weighted by Crippen LogP contribution is 2.40. The number of carbonyl (C=O) groups is 2. The van der Waals surface area contributed by atoms with E-state index in [0.29, 0.717) is 35.0 Å². The highest BCUT2D eigenvalue weighted by molar-refractivity contribution is 6.46. The Bertz CT molecular complexity index is 971. The van der Waals surface area contributed by atoms with Crippen molar-refractivity contribution in [2.45, 2.75) is 6.04 Å². The van der Waals surface area contributed by atoms with Gasteiger partial charge in [-0.25, -0.2) is 0 Å². The van der Waals surface area contributed by atoms with Gasteiger partial charge in [-0.2, -0.15) is 0 Å². The molecule has 1 heterocycles. The van der Waals surface area contributed by atoms with Crippen molar-refractivity contribution in [3.8, 4) is 5.75 Å². The molecular formula is C22H23ClN2O4. The van der Waals surface area contributed by atoms with Gasteiger partial charge in [-0.3, -0.25) is 9.59 Å². The third-order valence-electron chi connectivity index (χ3n) is 4.84. The number of nitrogens with zero attached hydrogens (tertiary/aromatic N) is 2. The van der Waals surface area contributed by atoms with Gasteiger partial charge >= 0.3 is 0 Å². The fourth-order valence-corrected chi connectivity index (χ4v) is 3.57. The number of ether oxygens (including phenoxy) is 1. The predicted octanol–water partition coefficient (Wildman–Crippen LogP) is 3.33. The summed E-state index contributed by atoms with van der Waals surface area (Å²) in [6.45, 7) is 0.910. The van der Waals surface area contributed by atoms with E-state index in [0.717, 1.165) is 0 Å². The molecule has 7 heteroatoms. The number of halogens is 1. The van der Waals surface area contributed by atoms with Crippen LogP contribution in [0.1, 0.15) is 17.2 Å². The van der Waals surface area contributed by atoms with E-state index in [2.05, 4.69) is 0 Å². The van der Waals surface area contributed by atoms with Crippen molar-refractivity contribution >= 4 is 29.1 Å². The van der Waals surface area contributed by atoms with Crippen LogP contribution >= 0.6 is 11.6 Å². The van der Waals surface area contributed by atoms with Crippen LogP contribution in [-0.4, -0.2) is 60.9 Å². The third-order valence-corrected chi connectivity index (χ3v) is 5.07. The molecule has 0 saturated carbocycles. The van der Waals surface area contributed by atoms with Crippen molar-refractivity contribution in [2.24, 2.45) is 0 Å². The molecular weight excluding hydrogens is 392 g/mol. The molecule has 1 amide bonds. The highest BCUT2D eigenvalue weighted by atomic mass is 35.5. The maximum Gasteiger partial charge on any atom is 0.295 e. The third kappa shape index (κ3) is 4.28. The van der Waals surface area contributed by atoms with Crippen LogP contribution in [0.25, 0.3) is 5.76 Å². The average Bonchev–Trinajstić information content (AvgIpc) is 2.96. The smallest absolute Gasteiger partial charge is 0.295 e. The van der Waals surface area contributed by atoms with Gasteiger partial charge in [0.15, 0.2) is 0 Å². The van der Waals surface area contributed by atoms with Crippen LogP contribution in [0.5, 0.6) is 5.75 Å². The van der Waals surface area contributed by atoms with Gasteiger partial charge < -0.3 is 19.6 Å². The largest absolute Gasteiger partial charge is 0.507 e. The van der Waals surface area contributed by atoms with E-state index in [9.17, 15) is 14.7 Å². The minimum Gasteiger partial charge on any atom is -0.507 e. The first-order valence-corrected chi connectivity index (χ1v) is 9.54. The van der Waals surface area contributed by atoms with Crippen molar-refractivity contribution < 1.29 is 19.4 Å². The SMILES string of the molecule is COc1cccc(C(O)=C2C(=O)C(=O)N(CCN(C)C)[C@H]2c2cccc(Cl)c2)c1. The Morgan fingerprint density at radius 3 is 2.55 bits per heavy atom. The van der Waals surface area contributed by atoms with Gasteiger partial charge in [0.1, 0.15) is 11.5 Å². The highest BCUT2D eigenvalue weighted by Gasteiger charge is 2.45. The summed E-state index contributed by atoms with van der Waals surface area (Å²) in [7, 11) is 5.30. The zero-order valence-corrected chi connectivity index (χ0v) is 17.3. The molecule has 2 aromatic carbocycles. The molecule has 0 radical (unpaired) electrons. The van der Waals surface area contributed by atoms with E-state index in [1.165, 1.54) is 12.0 Å². The number of Topliss-reactive ketones (excluding diaryl/α,β-unsaturated/α-hetero) is 1. The zero-order valence-electron chi connectivity index (χ0n) is 16.6. The zero-order chi connectivity index (χ0) is 21.1. The molecule has 1 N–H and O–H groups in total. The normalized spacial score (nSPS) is 18.5. The van der Waals surface area contributed by atoms with Crippen LogP contribution in [0.3, 0.4) is 0 Å². The van der Waals surface area contributed by atoms with Crippen molar-refractivity contribution in [3.63, 3.8) is 0 Å². The molecule has 0 aromatic heterocycles. The van der Waals surface area contributed by atoms with E-state index in [4.69, 9.17) is 16.3 Å². The van der Waals surface area contributed by atoms with Crippen LogP contribution in [-0.2, 0) is 9.59 Å². The van der Waals surface area contributed by atoms with Crippen LogP contribution in [0, 0.1) is 0 Å². The number of amides is 1. The van der Waals surface area contributed by atoms with E-state index in [-0.39, 0.29) is 11.3 Å². The van der Waals surface area contributed by atoms with Crippen molar-refractivity contribution in [1.29, 1.82) is 0 Å². The lowest BCUT2D eigenvalue weighted by molar-refractivity contribution is -0.140.